The van der Waals surface area contributed by atoms with Crippen molar-refractivity contribution in [1.82, 2.24) is 0 Å². The normalized spacial score (nSPS) is 11.6. The van der Waals surface area contributed by atoms with Crippen LogP contribution in [-0.4, -0.2) is 15.0 Å². The molecule has 0 aliphatic rings. The molecule has 3 aromatic rings. The van der Waals surface area contributed by atoms with E-state index in [1.807, 2.05) is 0 Å². The summed E-state index contributed by atoms with van der Waals surface area (Å²) in [7, 11) is -4.04. The molecule has 0 aliphatic heterocycles. The summed E-state index contributed by atoms with van der Waals surface area (Å²) in [4.78, 5) is -0.288. The number of hydrogen-bond acceptors (Lipinski definition) is 5. The van der Waals surface area contributed by atoms with Crippen LogP contribution in [0.25, 0.3) is 0 Å². The molecular weight excluding hydrogens is 490 g/mol. The van der Waals surface area contributed by atoms with Gasteiger partial charge in [0.15, 0.2) is 6.61 Å². The molecule has 5 nitrogen and oxygen atoms in total. The Labute approximate surface area is 191 Å². The van der Waals surface area contributed by atoms with Gasteiger partial charge in [-0.15, -0.1) is 0 Å². The van der Waals surface area contributed by atoms with Crippen molar-refractivity contribution >= 4 is 33.0 Å². The SMILES string of the molecule is N#CCOc1cc(Oc2ccc(C(F)(F)F)cc2Cl)ccc1S(=O)(=O)c1ccc(Cl)cc1. The highest BCUT2D eigenvalue weighted by atomic mass is 35.5. The number of rotatable bonds is 6. The molecule has 166 valence electrons. The highest BCUT2D eigenvalue weighted by Crippen LogP contribution is 2.38. The lowest BCUT2D eigenvalue weighted by atomic mass is 10.2. The summed E-state index contributed by atoms with van der Waals surface area (Å²) in [5, 5.41) is 8.88. The zero-order chi connectivity index (χ0) is 23.5. The number of sulfone groups is 1. The van der Waals surface area contributed by atoms with Gasteiger partial charge < -0.3 is 9.47 Å². The molecular formula is C21H12Cl2F3NO4S. The Balaban J connectivity index is 1.99. The number of halogens is 5. The van der Waals surface area contributed by atoms with Crippen molar-refractivity contribution in [3.63, 3.8) is 0 Å². The second kappa shape index (κ2) is 9.28. The molecule has 0 amide bonds. The smallest absolute Gasteiger partial charge is 0.416 e. The zero-order valence-corrected chi connectivity index (χ0v) is 18.2. The summed E-state index contributed by atoms with van der Waals surface area (Å²) < 4.78 is 75.2. The van der Waals surface area contributed by atoms with Gasteiger partial charge in [0, 0.05) is 11.1 Å². The average Bonchev–Trinajstić information content (AvgIpc) is 2.73. The predicted molar refractivity (Wildman–Crippen MR) is 111 cm³/mol. The zero-order valence-electron chi connectivity index (χ0n) is 15.9. The molecule has 0 radical (unpaired) electrons. The highest BCUT2D eigenvalue weighted by molar-refractivity contribution is 7.91. The van der Waals surface area contributed by atoms with Crippen LogP contribution in [0, 0.1) is 11.3 Å². The first-order valence-electron chi connectivity index (χ1n) is 8.71. The van der Waals surface area contributed by atoms with Crippen LogP contribution in [0.15, 0.2) is 70.5 Å². The number of alkyl halides is 3. The molecule has 0 atom stereocenters. The second-order valence-corrected chi connectivity index (χ2v) is 9.02. The van der Waals surface area contributed by atoms with E-state index in [0.717, 1.165) is 12.1 Å². The van der Waals surface area contributed by atoms with E-state index in [2.05, 4.69) is 0 Å². The Bertz CT molecular complexity index is 1290. The van der Waals surface area contributed by atoms with Crippen LogP contribution in [0.3, 0.4) is 0 Å². The van der Waals surface area contributed by atoms with Gasteiger partial charge in [-0.1, -0.05) is 23.2 Å². The fraction of sp³-hybridized carbons (Fsp3) is 0.0952. The van der Waals surface area contributed by atoms with Gasteiger partial charge in [0.25, 0.3) is 0 Å². The Morgan fingerprint density at radius 2 is 1.62 bits per heavy atom. The first kappa shape index (κ1) is 23.7. The summed E-state index contributed by atoms with van der Waals surface area (Å²) >= 11 is 11.7. The summed E-state index contributed by atoms with van der Waals surface area (Å²) in [5.74, 6) is -0.226. The second-order valence-electron chi connectivity index (χ2n) is 6.26. The molecule has 0 heterocycles. The lowest BCUT2D eigenvalue weighted by Gasteiger charge is -2.14. The van der Waals surface area contributed by atoms with E-state index in [-0.39, 0.29) is 32.1 Å². The number of ether oxygens (including phenoxy) is 2. The standard InChI is InChI=1S/C21H12Cl2F3NO4S/c22-14-2-5-16(6-3-14)32(28,29)20-8-4-15(12-19(20)30-10-9-27)31-18-7-1-13(11-17(18)23)21(24,25)26/h1-8,11-12H,10H2. The van der Waals surface area contributed by atoms with E-state index in [0.29, 0.717) is 11.1 Å². The van der Waals surface area contributed by atoms with E-state index in [4.69, 9.17) is 37.9 Å². The van der Waals surface area contributed by atoms with Crippen molar-refractivity contribution in [1.29, 1.82) is 5.26 Å². The maximum atomic E-state index is 13.0. The highest BCUT2D eigenvalue weighted by Gasteiger charge is 2.31. The molecule has 3 aromatic carbocycles. The topological polar surface area (TPSA) is 76.4 Å². The van der Waals surface area contributed by atoms with Crippen LogP contribution in [-0.2, 0) is 16.0 Å². The van der Waals surface area contributed by atoms with Crippen LogP contribution >= 0.6 is 23.2 Å². The van der Waals surface area contributed by atoms with Gasteiger partial charge in [0.2, 0.25) is 9.84 Å². The minimum atomic E-state index is -4.57. The van der Waals surface area contributed by atoms with Gasteiger partial charge in [-0.25, -0.2) is 8.42 Å². The Morgan fingerprint density at radius 1 is 0.938 bits per heavy atom. The third kappa shape index (κ3) is 5.27. The molecule has 0 spiro atoms. The minimum absolute atomic E-state index is 0.0367. The number of nitrogens with zero attached hydrogens (tertiary/aromatic N) is 1. The van der Waals surface area contributed by atoms with Crippen molar-refractivity contribution in [3.05, 3.63) is 76.3 Å². The van der Waals surface area contributed by atoms with Crippen molar-refractivity contribution in [2.45, 2.75) is 16.0 Å². The third-order valence-corrected chi connectivity index (χ3v) is 6.46. The predicted octanol–water partition coefficient (Wildman–Crippen LogP) is 6.54. The first-order chi connectivity index (χ1) is 15.0. The number of nitriles is 1. The monoisotopic (exact) mass is 501 g/mol. The van der Waals surface area contributed by atoms with Crippen LogP contribution in [0.5, 0.6) is 17.2 Å². The Morgan fingerprint density at radius 3 is 2.22 bits per heavy atom. The van der Waals surface area contributed by atoms with Crippen molar-refractivity contribution in [3.8, 4) is 23.3 Å². The summed E-state index contributed by atoms with van der Waals surface area (Å²) in [6.07, 6.45) is -4.57. The fourth-order valence-corrected chi connectivity index (χ4v) is 4.35. The maximum absolute atomic E-state index is 13.0. The quantitative estimate of drug-likeness (QED) is 0.383. The van der Waals surface area contributed by atoms with Crippen molar-refractivity contribution in [2.75, 3.05) is 6.61 Å². The van der Waals surface area contributed by atoms with Gasteiger partial charge >= 0.3 is 6.18 Å². The van der Waals surface area contributed by atoms with Crippen molar-refractivity contribution < 1.29 is 31.1 Å². The van der Waals surface area contributed by atoms with Gasteiger partial charge in [-0.2, -0.15) is 18.4 Å². The fourth-order valence-electron chi connectivity index (χ4n) is 2.62. The van der Waals surface area contributed by atoms with E-state index in [1.165, 1.54) is 42.5 Å². The molecule has 3 rings (SSSR count). The first-order valence-corrected chi connectivity index (χ1v) is 11.0. The van der Waals surface area contributed by atoms with Gasteiger partial charge in [0.05, 0.1) is 15.5 Å². The molecule has 0 aromatic heterocycles. The number of hydrogen-bond donors (Lipinski definition) is 0. The summed E-state index contributed by atoms with van der Waals surface area (Å²) in [6.45, 7) is -0.451. The van der Waals surface area contributed by atoms with E-state index >= 15 is 0 Å². The summed E-state index contributed by atoms with van der Waals surface area (Å²) in [5.41, 5.74) is -0.947. The van der Waals surface area contributed by atoms with Crippen LogP contribution in [0.2, 0.25) is 10.0 Å². The Kier molecular flexibility index (Phi) is 6.88. The molecule has 0 bridgehead atoms. The van der Waals surface area contributed by atoms with Gasteiger partial charge in [-0.05, 0) is 54.6 Å². The molecule has 11 heteroatoms. The largest absolute Gasteiger partial charge is 0.477 e. The summed E-state index contributed by atoms with van der Waals surface area (Å²) in [6, 6.07) is 13.4. The molecule has 0 N–H and O–H groups in total. The molecule has 0 saturated heterocycles. The molecule has 0 aliphatic carbocycles. The minimum Gasteiger partial charge on any atom is -0.477 e. The third-order valence-electron chi connectivity index (χ3n) is 4.11. The van der Waals surface area contributed by atoms with E-state index < -0.39 is 28.2 Å². The molecule has 32 heavy (non-hydrogen) atoms. The van der Waals surface area contributed by atoms with E-state index in [1.54, 1.807) is 6.07 Å². The van der Waals surface area contributed by atoms with Crippen LogP contribution < -0.4 is 9.47 Å². The lowest BCUT2D eigenvalue weighted by molar-refractivity contribution is -0.137. The molecule has 0 saturated carbocycles. The number of benzene rings is 3. The lowest BCUT2D eigenvalue weighted by Crippen LogP contribution is -2.06. The van der Waals surface area contributed by atoms with E-state index in [9.17, 15) is 21.6 Å². The van der Waals surface area contributed by atoms with Crippen molar-refractivity contribution in [2.24, 2.45) is 0 Å². The van der Waals surface area contributed by atoms with Gasteiger partial charge in [-0.3, -0.25) is 0 Å². The average molecular weight is 502 g/mol. The Hall–Kier alpha value is -2.93. The maximum Gasteiger partial charge on any atom is 0.416 e. The van der Waals surface area contributed by atoms with Crippen LogP contribution in [0.1, 0.15) is 5.56 Å². The molecule has 0 fully saturated rings. The molecule has 0 unspecified atom stereocenters. The van der Waals surface area contributed by atoms with Gasteiger partial charge in [0.1, 0.15) is 28.2 Å². The van der Waals surface area contributed by atoms with Crippen LogP contribution in [0.4, 0.5) is 13.2 Å².